The summed E-state index contributed by atoms with van der Waals surface area (Å²) in [4.78, 5) is 82.8. The molecule has 0 radical (unpaired) electrons. The summed E-state index contributed by atoms with van der Waals surface area (Å²) in [7, 11) is 11.1. The van der Waals surface area contributed by atoms with Gasteiger partial charge in [0.05, 0.1) is 52.9 Å². The van der Waals surface area contributed by atoms with Crippen LogP contribution in [0.3, 0.4) is 0 Å². The molecule has 0 atom stereocenters. The number of methoxy groups -OCH3 is 2. The molecule has 826 valence electrons. The third-order valence-corrected chi connectivity index (χ3v) is 25.5. The predicted octanol–water partition coefficient (Wildman–Crippen LogP) is 25.2. The van der Waals surface area contributed by atoms with E-state index in [1.165, 1.54) is 122 Å². The van der Waals surface area contributed by atoms with Crippen LogP contribution in [-0.4, -0.2) is 229 Å². The van der Waals surface area contributed by atoms with Crippen LogP contribution in [-0.2, 0) is 67.2 Å². The number of ether oxygens (including phenoxy) is 3. The van der Waals surface area contributed by atoms with E-state index in [1.807, 2.05) is 148 Å². The number of rotatable bonds is 16. The first-order valence-electron chi connectivity index (χ1n) is 53.4. The number of hydrogen-bond acceptors (Lipinski definition) is 28. The van der Waals surface area contributed by atoms with Crippen molar-refractivity contribution in [2.45, 2.75) is 366 Å². The fraction of sp³-hybridized carbons (Fsp3) is 0.608. The van der Waals surface area contributed by atoms with Crippen LogP contribution in [0, 0.1) is 12.3 Å². The molecule has 0 aliphatic carbocycles. The maximum Gasteiger partial charge on any atom is 0.319 e. The van der Waals surface area contributed by atoms with Gasteiger partial charge in [0.2, 0.25) is 23.7 Å². The van der Waals surface area contributed by atoms with Gasteiger partial charge in [0.25, 0.3) is 0 Å². The molecule has 0 N–H and O–H groups in total. The third-order valence-electron chi connectivity index (χ3n) is 24.9. The zero-order chi connectivity index (χ0) is 112. The molecule has 4 aliphatic rings. The molecule has 150 heavy (non-hydrogen) atoms. The van der Waals surface area contributed by atoms with E-state index in [4.69, 9.17) is 14.2 Å². The Kier molecular flexibility index (Phi) is 51.9. The van der Waals surface area contributed by atoms with Gasteiger partial charge in [0.15, 0.2) is 5.16 Å². The Morgan fingerprint density at radius 1 is 0.367 bits per heavy atom. The first-order valence-corrected chi connectivity index (χ1v) is 54.7. The molecule has 3 saturated heterocycles. The number of piperidine rings is 2. The van der Waals surface area contributed by atoms with Crippen molar-refractivity contribution in [1.82, 2.24) is 109 Å². The third kappa shape index (κ3) is 49.5. The maximum atomic E-state index is 5.48. The van der Waals surface area contributed by atoms with Gasteiger partial charge in [-0.3, -0.25) is 14.4 Å². The fourth-order valence-electron chi connectivity index (χ4n) is 14.2. The molecule has 0 saturated carbocycles. The number of benzene rings is 1. The highest BCUT2D eigenvalue weighted by atomic mass is 32.2. The van der Waals surface area contributed by atoms with Crippen LogP contribution in [0.5, 0.6) is 17.9 Å². The molecular weight excluding hydrogens is 1890 g/mol. The van der Waals surface area contributed by atoms with Crippen molar-refractivity contribution in [2.24, 2.45) is 10.4 Å². The minimum Gasteiger partial charge on any atom is -0.481 e. The number of aromatic nitrogens is 20. The van der Waals surface area contributed by atoms with Crippen molar-refractivity contribution in [3.63, 3.8) is 0 Å². The molecule has 0 bridgehead atoms. The standard InChI is InChI=1S/C14H25N3.C14H18N2.C13H23N3O.C13H21N3.C12H19N3.C10H17N3.C10H16N2O2.C9H14N2S.C9H14N2.C8H12N2.C8H13N/c1-14(2,3)13-11-15-17(12-13)10-9-16-7-5-4-6-8-16;1-14(2,3)13-9-15-16(11-13)10-12-7-5-4-6-8-12;1-13(2,3)11-9-14-12(15-10-11)17-8-6-7-16(4)5;1-13(2,3)11-9-14-12(15-10-11)16-7-5-4-6-8-16;1-12(2,3)10-8-13-11(14-9-10)15-6-4-5-7-15;1-10(2,3)8-6-11-9(12-7-8)13(4)5;1-10(2,3)7-6-11-9(14-5)12-8(7)13-4;1-9(2,3)7-5-10-8(12-4)11-6-7;1-7-10-5-8(6-11-7)9(2,3)4;1-8(2,3)7-4-9-6-10-5-7;1-8(2,3)7-4-5-9-6-7/h11-12H,4-10H2,1-3H3;4-9,11H,10H2,1-3H3;9-10H,6-8H2,1-5H3;9-10H,4-8H2,1-3H3;8-9H,4-7H2,1-3H3;6-7H,1-5H3;6H,1-5H3;5-6H,1-4H3;5-6H,1-4H3;4-6H,1-3H3;4,6H,5H2,1-3H3. The average molecular weight is 2080 g/mol. The van der Waals surface area contributed by atoms with Crippen molar-refractivity contribution in [3.8, 4) is 17.9 Å². The topological polar surface area (TPSA) is 298 Å². The number of nitrogens with zero attached hydrogens (tertiary/aromatic N) is 26. The minimum atomic E-state index is -0.0301. The van der Waals surface area contributed by atoms with Crippen LogP contribution in [0.25, 0.3) is 0 Å². The van der Waals surface area contributed by atoms with E-state index >= 15 is 0 Å². The first-order chi connectivity index (χ1) is 69.8. The molecule has 0 amide bonds. The summed E-state index contributed by atoms with van der Waals surface area (Å²) in [6.45, 7) is 86.0. The lowest BCUT2D eigenvalue weighted by Crippen LogP contribution is -2.32. The van der Waals surface area contributed by atoms with Gasteiger partial charge >= 0.3 is 12.0 Å². The zero-order valence-electron chi connectivity index (χ0n) is 100. The van der Waals surface area contributed by atoms with Crippen molar-refractivity contribution >= 4 is 35.8 Å². The largest absolute Gasteiger partial charge is 0.481 e. The Morgan fingerprint density at radius 3 is 1.09 bits per heavy atom. The summed E-state index contributed by atoms with van der Waals surface area (Å²) in [5.41, 5.74) is 16.1. The van der Waals surface area contributed by atoms with Gasteiger partial charge in [-0.2, -0.15) is 15.2 Å². The molecule has 11 aromatic rings. The number of allylic oxidation sites excluding steroid dienone is 1. The quantitative estimate of drug-likeness (QED) is 0.0493. The first kappa shape index (κ1) is 129. The summed E-state index contributed by atoms with van der Waals surface area (Å²) in [6, 6.07) is 11.2. The molecular formula is C120H192N26O3S. The van der Waals surface area contributed by atoms with Crippen molar-refractivity contribution in [2.75, 3.05) is 129 Å². The summed E-state index contributed by atoms with van der Waals surface area (Å²) in [5, 5.41) is 9.69. The van der Waals surface area contributed by atoms with Gasteiger partial charge in [0, 0.05) is 170 Å². The van der Waals surface area contributed by atoms with E-state index in [1.54, 1.807) is 31.4 Å². The minimum absolute atomic E-state index is 0.0301. The van der Waals surface area contributed by atoms with Gasteiger partial charge < -0.3 is 38.7 Å². The second-order valence-corrected chi connectivity index (χ2v) is 51.1. The number of anilines is 3. The Morgan fingerprint density at radius 2 is 0.740 bits per heavy atom. The number of likely N-dealkylation sites (tertiary alicyclic amines) is 1. The van der Waals surface area contributed by atoms with Crippen LogP contribution in [0.4, 0.5) is 17.8 Å². The Balaban J connectivity index is 0.000000291. The molecule has 1 aromatic carbocycles. The van der Waals surface area contributed by atoms with Gasteiger partial charge in [0.1, 0.15) is 12.2 Å². The second-order valence-electron chi connectivity index (χ2n) is 50.3. The van der Waals surface area contributed by atoms with E-state index in [9.17, 15) is 0 Å². The van der Waals surface area contributed by atoms with E-state index in [2.05, 4.69) is 405 Å². The molecule has 3 fully saturated rings. The lowest BCUT2D eigenvalue weighted by molar-refractivity contribution is 0.218. The van der Waals surface area contributed by atoms with Gasteiger partial charge in [-0.1, -0.05) is 283 Å². The summed E-state index contributed by atoms with van der Waals surface area (Å²) in [6.07, 6.45) is 55.9. The monoisotopic (exact) mass is 2080 g/mol. The number of aryl methyl sites for hydroxylation is 1. The van der Waals surface area contributed by atoms with Gasteiger partial charge in [-0.05, 0) is 213 Å². The summed E-state index contributed by atoms with van der Waals surface area (Å²) in [5.74, 6) is 3.95. The Hall–Kier alpha value is -11.2. The number of thioether (sulfide) groups is 1. The normalized spacial score (nSPS) is 14.0. The number of hydrogen-bond donors (Lipinski definition) is 0. The van der Waals surface area contributed by atoms with Crippen LogP contribution in [0.2, 0.25) is 0 Å². The van der Waals surface area contributed by atoms with Crippen molar-refractivity contribution < 1.29 is 14.2 Å². The van der Waals surface area contributed by atoms with E-state index in [0.717, 1.165) is 111 Å². The van der Waals surface area contributed by atoms with E-state index in [0.29, 0.717) is 29.9 Å². The van der Waals surface area contributed by atoms with Crippen LogP contribution >= 0.6 is 11.8 Å². The van der Waals surface area contributed by atoms with Gasteiger partial charge in [-0.15, -0.1) is 0 Å². The Labute approximate surface area is 909 Å². The van der Waals surface area contributed by atoms with Crippen LogP contribution in [0.15, 0.2) is 176 Å². The number of aliphatic imine (C=N–C) groups is 1. The van der Waals surface area contributed by atoms with Crippen molar-refractivity contribution in [1.29, 1.82) is 0 Å². The van der Waals surface area contributed by atoms with Gasteiger partial charge in [-0.25, -0.2) is 74.8 Å². The Bertz CT molecular complexity index is 5600. The molecule has 10 aromatic heterocycles. The lowest BCUT2D eigenvalue weighted by atomic mass is 9.88. The van der Waals surface area contributed by atoms with E-state index in [-0.39, 0.29) is 54.1 Å². The average Bonchev–Trinajstić information content (AvgIpc) is 1.59. The summed E-state index contributed by atoms with van der Waals surface area (Å²) < 4.78 is 19.7. The van der Waals surface area contributed by atoms with Crippen LogP contribution in [0.1, 0.15) is 353 Å². The molecule has 0 unspecified atom stereocenters. The predicted molar refractivity (Wildman–Crippen MR) is 625 cm³/mol. The highest BCUT2D eigenvalue weighted by Gasteiger charge is 2.27. The molecule has 30 heteroatoms. The zero-order valence-corrected chi connectivity index (χ0v) is 101. The molecule has 4 aliphatic heterocycles. The SMILES string of the molecule is CC(C)(C)C1=CCN=C1.CC(C)(C)c1cnc(N2CCCC2)nc1.CC(C)(C)c1cnc(N2CCCCC2)nc1.CC(C)(C)c1cncnc1.CC(C)(C)c1cnn(CCN2CCCCC2)c1.CC(C)(C)c1cnn(Cc2ccccc2)c1.CN(C)CCCOc1ncc(C(C)(C)C)cn1.CN(C)c1ncc(C(C)(C)C)cn1.COc1ncc(C(C)(C)C)c(OC)n1.CSc1ncc(C(C)(C)C)cn1.Cc1ncc(C(C)(C)C)cn1. The molecule has 0 spiro atoms. The van der Waals surface area contributed by atoms with Crippen LogP contribution < -0.4 is 28.9 Å². The molecule has 14 heterocycles. The highest BCUT2D eigenvalue weighted by Crippen LogP contribution is 2.33. The lowest BCUT2D eigenvalue weighted by Gasteiger charge is -2.27. The molecule has 15 rings (SSSR count). The maximum absolute atomic E-state index is 5.48. The smallest absolute Gasteiger partial charge is 0.319 e. The fourth-order valence-corrected chi connectivity index (χ4v) is 14.5. The second kappa shape index (κ2) is 60.3. The van der Waals surface area contributed by atoms with Crippen molar-refractivity contribution in [3.05, 3.63) is 233 Å². The molecule has 29 nitrogen and oxygen atoms in total. The van der Waals surface area contributed by atoms with E-state index < -0.39 is 0 Å². The highest BCUT2D eigenvalue weighted by molar-refractivity contribution is 7.98. The summed E-state index contributed by atoms with van der Waals surface area (Å²) >= 11 is 1.57.